The lowest BCUT2D eigenvalue weighted by atomic mass is 9.88. The monoisotopic (exact) mass is 443 g/mol. The number of amides is 1. The molecule has 0 bridgehead atoms. The van der Waals surface area contributed by atoms with Crippen molar-refractivity contribution >= 4 is 11.6 Å². The molecule has 2 unspecified atom stereocenters. The molecule has 1 heterocycles. The Morgan fingerprint density at radius 2 is 2.00 bits per heavy atom. The smallest absolute Gasteiger partial charge is 0.273 e. The number of nitro groups is 1. The Morgan fingerprint density at radius 3 is 2.66 bits per heavy atom. The van der Waals surface area contributed by atoms with Crippen molar-refractivity contribution in [2.24, 2.45) is 5.92 Å². The summed E-state index contributed by atoms with van der Waals surface area (Å²) in [4.78, 5) is 27.6. The van der Waals surface area contributed by atoms with E-state index < -0.39 is 0 Å². The normalized spacial score (nSPS) is 18.8. The number of rotatable bonds is 9. The molecule has 0 N–H and O–H groups in total. The molecule has 1 fully saturated rings. The number of ether oxygens (including phenoxy) is 1. The number of nitro benzene ring substituents is 1. The predicted molar refractivity (Wildman–Crippen MR) is 120 cm³/mol. The highest BCUT2D eigenvalue weighted by Crippen LogP contribution is 2.35. The Balaban J connectivity index is 1.86. The van der Waals surface area contributed by atoms with Crippen LogP contribution in [0.25, 0.3) is 0 Å². The van der Waals surface area contributed by atoms with Crippen LogP contribution in [0.15, 0.2) is 48.5 Å². The lowest BCUT2D eigenvalue weighted by Crippen LogP contribution is -2.43. The Hall–Kier alpha value is -2.84. The van der Waals surface area contributed by atoms with Crippen molar-refractivity contribution in [3.05, 3.63) is 75.6 Å². The summed E-state index contributed by atoms with van der Waals surface area (Å²) in [6.45, 7) is 6.15. The molecular weight excluding hydrogens is 413 g/mol. The summed E-state index contributed by atoms with van der Waals surface area (Å²) >= 11 is 0. The van der Waals surface area contributed by atoms with Crippen LogP contribution in [0, 0.1) is 21.8 Å². The van der Waals surface area contributed by atoms with E-state index in [1.165, 1.54) is 19.2 Å². The molecule has 0 saturated carbocycles. The summed E-state index contributed by atoms with van der Waals surface area (Å²) in [6, 6.07) is 13.3. The molecule has 1 amide bonds. The minimum absolute atomic E-state index is 0.00456. The topological polar surface area (TPSA) is 75.9 Å². The maximum atomic E-state index is 14.0. The van der Waals surface area contributed by atoms with Crippen LogP contribution in [0.3, 0.4) is 0 Å². The third-order valence-corrected chi connectivity index (χ3v) is 6.02. The van der Waals surface area contributed by atoms with E-state index in [9.17, 15) is 19.3 Å². The van der Waals surface area contributed by atoms with Crippen molar-refractivity contribution < 1.29 is 18.8 Å². The Bertz CT molecular complexity index is 952. The van der Waals surface area contributed by atoms with Gasteiger partial charge in [-0.2, -0.15) is 0 Å². The summed E-state index contributed by atoms with van der Waals surface area (Å²) in [6.07, 6.45) is 0. The lowest BCUT2D eigenvalue weighted by molar-refractivity contribution is -0.385. The van der Waals surface area contributed by atoms with E-state index in [0.717, 1.165) is 5.56 Å². The molecule has 1 saturated heterocycles. The van der Waals surface area contributed by atoms with Crippen LogP contribution < -0.4 is 0 Å². The standard InChI is InChI=1S/C24H30FN3O4/c1-17(2)27(24(29)16-32-3)14-20-13-26(12-19-7-4-5-10-23(19)28(30)31)15-22(20)18-8-6-9-21(25)11-18/h4-11,17,20,22H,12-16H2,1-3H3. The molecule has 3 rings (SSSR count). The van der Waals surface area contributed by atoms with Crippen LogP contribution in [0.1, 0.15) is 30.9 Å². The molecule has 172 valence electrons. The van der Waals surface area contributed by atoms with Gasteiger partial charge in [0.05, 0.1) is 4.92 Å². The first-order chi connectivity index (χ1) is 15.3. The van der Waals surface area contributed by atoms with Gasteiger partial charge in [-0.1, -0.05) is 30.3 Å². The molecule has 0 aliphatic carbocycles. The maximum absolute atomic E-state index is 14.0. The fourth-order valence-corrected chi connectivity index (χ4v) is 4.51. The second kappa shape index (κ2) is 10.7. The van der Waals surface area contributed by atoms with E-state index in [1.54, 1.807) is 35.2 Å². The van der Waals surface area contributed by atoms with Crippen LogP contribution in [0.4, 0.5) is 10.1 Å². The fraction of sp³-hybridized carbons (Fsp3) is 0.458. The average molecular weight is 444 g/mol. The second-order valence-electron chi connectivity index (χ2n) is 8.57. The molecule has 8 heteroatoms. The van der Waals surface area contributed by atoms with E-state index in [-0.39, 0.29) is 46.8 Å². The number of carbonyl (C=O) groups is 1. The van der Waals surface area contributed by atoms with E-state index in [0.29, 0.717) is 31.7 Å². The van der Waals surface area contributed by atoms with Crippen molar-refractivity contribution in [1.29, 1.82) is 0 Å². The van der Waals surface area contributed by atoms with Crippen molar-refractivity contribution in [2.45, 2.75) is 32.4 Å². The number of likely N-dealkylation sites (tertiary alicyclic amines) is 1. The van der Waals surface area contributed by atoms with Gasteiger partial charge in [0, 0.05) is 56.9 Å². The van der Waals surface area contributed by atoms with Gasteiger partial charge in [-0.05, 0) is 37.5 Å². The fourth-order valence-electron chi connectivity index (χ4n) is 4.51. The van der Waals surface area contributed by atoms with Gasteiger partial charge >= 0.3 is 0 Å². The van der Waals surface area contributed by atoms with Crippen LogP contribution in [0.2, 0.25) is 0 Å². The van der Waals surface area contributed by atoms with Gasteiger partial charge in [-0.15, -0.1) is 0 Å². The van der Waals surface area contributed by atoms with Crippen molar-refractivity contribution in [1.82, 2.24) is 9.80 Å². The number of hydrogen-bond acceptors (Lipinski definition) is 5. The summed E-state index contributed by atoms with van der Waals surface area (Å²) in [7, 11) is 1.50. The van der Waals surface area contributed by atoms with Crippen LogP contribution in [0.5, 0.6) is 0 Å². The average Bonchev–Trinajstić information content (AvgIpc) is 3.14. The molecule has 32 heavy (non-hydrogen) atoms. The minimum Gasteiger partial charge on any atom is -0.375 e. The zero-order valence-electron chi connectivity index (χ0n) is 18.7. The molecule has 2 atom stereocenters. The van der Waals surface area contributed by atoms with Crippen molar-refractivity contribution in [3.8, 4) is 0 Å². The highest BCUT2D eigenvalue weighted by atomic mass is 19.1. The van der Waals surface area contributed by atoms with Gasteiger partial charge in [0.1, 0.15) is 12.4 Å². The quantitative estimate of drug-likeness (QED) is 0.435. The number of benzene rings is 2. The molecule has 0 aromatic heterocycles. The molecule has 1 aliphatic heterocycles. The van der Waals surface area contributed by atoms with E-state index in [2.05, 4.69) is 4.90 Å². The van der Waals surface area contributed by atoms with Gasteiger partial charge in [-0.25, -0.2) is 4.39 Å². The number of hydrogen-bond donors (Lipinski definition) is 0. The zero-order valence-corrected chi connectivity index (χ0v) is 18.7. The van der Waals surface area contributed by atoms with E-state index in [4.69, 9.17) is 4.74 Å². The number of para-hydroxylation sites is 1. The SMILES string of the molecule is COCC(=O)N(CC1CN(Cc2ccccc2[N+](=O)[O-])CC1c1cccc(F)c1)C(C)C. The minimum atomic E-state index is -0.364. The summed E-state index contributed by atoms with van der Waals surface area (Å²) < 4.78 is 19.0. The second-order valence-corrected chi connectivity index (χ2v) is 8.57. The zero-order chi connectivity index (χ0) is 23.3. The summed E-state index contributed by atoms with van der Waals surface area (Å²) in [5, 5.41) is 11.4. The predicted octanol–water partition coefficient (Wildman–Crippen LogP) is 3.83. The Labute approximate surface area is 187 Å². The third-order valence-electron chi connectivity index (χ3n) is 6.02. The van der Waals surface area contributed by atoms with E-state index >= 15 is 0 Å². The first-order valence-corrected chi connectivity index (χ1v) is 10.8. The molecule has 2 aromatic rings. The Kier molecular flexibility index (Phi) is 7.93. The molecule has 0 radical (unpaired) electrons. The molecule has 7 nitrogen and oxygen atoms in total. The first kappa shape index (κ1) is 23.8. The number of carbonyl (C=O) groups excluding carboxylic acids is 1. The lowest BCUT2D eigenvalue weighted by Gasteiger charge is -2.31. The largest absolute Gasteiger partial charge is 0.375 e. The van der Waals surface area contributed by atoms with Crippen molar-refractivity contribution in [2.75, 3.05) is 33.4 Å². The van der Waals surface area contributed by atoms with Crippen LogP contribution >= 0.6 is 0 Å². The Morgan fingerprint density at radius 1 is 1.25 bits per heavy atom. The third kappa shape index (κ3) is 5.69. The van der Waals surface area contributed by atoms with Crippen molar-refractivity contribution in [3.63, 3.8) is 0 Å². The number of methoxy groups -OCH3 is 1. The molecular formula is C24H30FN3O4. The first-order valence-electron chi connectivity index (χ1n) is 10.8. The van der Waals surface area contributed by atoms with Gasteiger partial charge in [0.25, 0.3) is 5.69 Å². The van der Waals surface area contributed by atoms with Crippen LogP contribution in [-0.2, 0) is 16.1 Å². The van der Waals surface area contributed by atoms with Gasteiger partial charge in [-0.3, -0.25) is 19.8 Å². The highest BCUT2D eigenvalue weighted by molar-refractivity contribution is 5.77. The van der Waals surface area contributed by atoms with Crippen LogP contribution in [-0.4, -0.2) is 60.0 Å². The number of halogens is 1. The highest BCUT2D eigenvalue weighted by Gasteiger charge is 2.37. The summed E-state index contributed by atoms with van der Waals surface area (Å²) in [5.74, 6) is -0.319. The van der Waals surface area contributed by atoms with Gasteiger partial charge in [0.2, 0.25) is 5.91 Å². The maximum Gasteiger partial charge on any atom is 0.273 e. The molecule has 1 aliphatic rings. The molecule has 0 spiro atoms. The summed E-state index contributed by atoms with van der Waals surface area (Å²) in [5.41, 5.74) is 1.62. The van der Waals surface area contributed by atoms with Gasteiger partial charge < -0.3 is 9.64 Å². The molecule has 2 aromatic carbocycles. The number of nitrogens with zero attached hydrogens (tertiary/aromatic N) is 3. The van der Waals surface area contributed by atoms with E-state index in [1.807, 2.05) is 19.9 Å². The van der Waals surface area contributed by atoms with Gasteiger partial charge in [0.15, 0.2) is 0 Å².